The highest BCUT2D eigenvalue weighted by molar-refractivity contribution is 5.80. The summed E-state index contributed by atoms with van der Waals surface area (Å²) in [7, 11) is 0. The first kappa shape index (κ1) is 22.1. The number of aryl methyl sites for hydroxylation is 1. The quantitative estimate of drug-likeness (QED) is 0.322. The molecule has 0 bridgehead atoms. The molecule has 0 spiro atoms. The summed E-state index contributed by atoms with van der Waals surface area (Å²) in [5.74, 6) is 0.732. The number of ether oxygens (including phenoxy) is 1. The van der Waals surface area contributed by atoms with E-state index < -0.39 is 6.67 Å². The Hall–Kier alpha value is -4.13. The third kappa shape index (κ3) is 4.87. The monoisotopic (exact) mass is 441 g/mol. The van der Waals surface area contributed by atoms with Crippen LogP contribution in [-0.2, 0) is 13.2 Å². The molecule has 0 aliphatic heterocycles. The predicted octanol–water partition coefficient (Wildman–Crippen LogP) is 5.74. The van der Waals surface area contributed by atoms with E-state index in [1.165, 1.54) is 0 Å². The van der Waals surface area contributed by atoms with Crippen molar-refractivity contribution < 1.29 is 9.13 Å². The van der Waals surface area contributed by atoms with Gasteiger partial charge in [0.1, 0.15) is 24.7 Å². The van der Waals surface area contributed by atoms with Gasteiger partial charge in [-0.25, -0.2) is 9.37 Å². The molecule has 5 aromatic rings. The normalized spacial score (nSPS) is 10.7. The molecule has 33 heavy (non-hydrogen) atoms. The fourth-order valence-corrected chi connectivity index (χ4v) is 3.52. The van der Waals surface area contributed by atoms with Crippen LogP contribution in [-0.4, -0.2) is 31.4 Å². The van der Waals surface area contributed by atoms with Crippen molar-refractivity contribution in [2.45, 2.75) is 20.6 Å². The summed E-state index contributed by atoms with van der Waals surface area (Å²) in [5, 5.41) is 4.60. The Bertz CT molecular complexity index is 1340. The van der Waals surface area contributed by atoms with Crippen LogP contribution in [0.3, 0.4) is 0 Å². The highest BCUT2D eigenvalue weighted by Gasteiger charge is 2.13. The second-order valence-corrected chi connectivity index (χ2v) is 7.24. The Morgan fingerprint density at radius 2 is 1.67 bits per heavy atom. The molecule has 4 aromatic heterocycles. The Balaban J connectivity index is 0.00000259. The summed E-state index contributed by atoms with van der Waals surface area (Å²) in [4.78, 5) is 12.9. The highest BCUT2D eigenvalue weighted by Crippen LogP contribution is 2.31. The molecule has 0 saturated heterocycles. The summed E-state index contributed by atoms with van der Waals surface area (Å²) in [6, 6.07) is 19.2. The highest BCUT2D eigenvalue weighted by atomic mass is 19.1. The molecule has 0 N–H and O–H groups in total. The topological polar surface area (TPSA) is 65.7 Å². The van der Waals surface area contributed by atoms with Gasteiger partial charge in [-0.3, -0.25) is 14.6 Å². The molecular formula is C26H24FN5O. The van der Waals surface area contributed by atoms with E-state index >= 15 is 0 Å². The van der Waals surface area contributed by atoms with Crippen LogP contribution in [0, 0.1) is 0 Å². The Morgan fingerprint density at radius 1 is 0.848 bits per heavy atom. The molecule has 0 amide bonds. The van der Waals surface area contributed by atoms with Gasteiger partial charge >= 0.3 is 0 Å². The summed E-state index contributed by atoms with van der Waals surface area (Å²) < 4.78 is 20.5. The van der Waals surface area contributed by atoms with Crippen molar-refractivity contribution in [1.29, 1.82) is 0 Å². The van der Waals surface area contributed by atoms with Gasteiger partial charge < -0.3 is 4.74 Å². The number of alkyl halides is 1. The summed E-state index contributed by atoms with van der Waals surface area (Å²) >= 11 is 0. The second-order valence-electron chi connectivity index (χ2n) is 7.24. The average Bonchev–Trinajstić information content (AvgIpc) is 3.28. The molecule has 0 atom stereocenters. The maximum atomic E-state index is 12.9. The molecule has 1 aromatic carbocycles. The molecule has 4 heterocycles. The number of hydrogen-bond donors (Lipinski definition) is 0. The van der Waals surface area contributed by atoms with E-state index in [4.69, 9.17) is 4.74 Å². The minimum atomic E-state index is -0.470. The zero-order valence-corrected chi connectivity index (χ0v) is 17.2. The van der Waals surface area contributed by atoms with Gasteiger partial charge in [0.15, 0.2) is 0 Å². The summed E-state index contributed by atoms with van der Waals surface area (Å²) in [6.07, 6.45) is 7.09. The SMILES string of the molecule is C.FCCn1cc(-c2ccncc2)c(-c2ccc(OCc3ccc4ncccc4n3)cc2)n1. The molecule has 0 fully saturated rings. The van der Waals surface area contributed by atoms with Crippen LogP contribution >= 0.6 is 0 Å². The molecule has 7 heteroatoms. The van der Waals surface area contributed by atoms with Gasteiger partial charge in [-0.1, -0.05) is 7.43 Å². The van der Waals surface area contributed by atoms with Crippen molar-refractivity contribution in [3.63, 3.8) is 0 Å². The fourth-order valence-electron chi connectivity index (χ4n) is 3.52. The largest absolute Gasteiger partial charge is 0.487 e. The molecule has 6 nitrogen and oxygen atoms in total. The Morgan fingerprint density at radius 3 is 2.45 bits per heavy atom. The van der Waals surface area contributed by atoms with E-state index in [2.05, 4.69) is 20.1 Å². The average molecular weight is 442 g/mol. The third-order valence-electron chi connectivity index (χ3n) is 5.09. The lowest BCUT2D eigenvalue weighted by molar-refractivity contribution is 0.302. The van der Waals surface area contributed by atoms with E-state index in [9.17, 15) is 4.39 Å². The van der Waals surface area contributed by atoms with Crippen molar-refractivity contribution in [2.75, 3.05) is 6.67 Å². The number of fused-ring (bicyclic) bond motifs is 1. The zero-order chi connectivity index (χ0) is 21.8. The van der Waals surface area contributed by atoms with Gasteiger partial charge in [0.2, 0.25) is 0 Å². The van der Waals surface area contributed by atoms with Gasteiger partial charge in [-0.15, -0.1) is 0 Å². The van der Waals surface area contributed by atoms with E-state index in [0.29, 0.717) is 6.61 Å². The van der Waals surface area contributed by atoms with Crippen LogP contribution in [0.5, 0.6) is 5.75 Å². The van der Waals surface area contributed by atoms with Crippen LogP contribution in [0.15, 0.2) is 85.5 Å². The molecule has 166 valence electrons. The van der Waals surface area contributed by atoms with E-state index in [-0.39, 0.29) is 14.0 Å². The van der Waals surface area contributed by atoms with E-state index in [0.717, 1.165) is 44.9 Å². The van der Waals surface area contributed by atoms with Gasteiger partial charge in [-0.2, -0.15) is 5.10 Å². The van der Waals surface area contributed by atoms with E-state index in [1.807, 2.05) is 66.9 Å². The number of halogens is 1. The molecule has 0 unspecified atom stereocenters. The number of pyridine rings is 3. The lowest BCUT2D eigenvalue weighted by Gasteiger charge is -2.08. The van der Waals surface area contributed by atoms with Crippen molar-refractivity contribution in [3.8, 4) is 28.1 Å². The molecular weight excluding hydrogens is 417 g/mol. The van der Waals surface area contributed by atoms with Gasteiger partial charge in [-0.05, 0) is 66.2 Å². The molecule has 0 radical (unpaired) electrons. The van der Waals surface area contributed by atoms with Gasteiger partial charge in [0, 0.05) is 35.9 Å². The van der Waals surface area contributed by atoms with Crippen molar-refractivity contribution in [3.05, 3.63) is 91.1 Å². The molecule has 5 rings (SSSR count). The molecule has 0 aliphatic carbocycles. The molecule has 0 aliphatic rings. The smallest absolute Gasteiger partial charge is 0.130 e. The second kappa shape index (κ2) is 9.99. The van der Waals surface area contributed by atoms with Crippen LogP contribution in [0.1, 0.15) is 13.1 Å². The van der Waals surface area contributed by atoms with Crippen LogP contribution in [0.25, 0.3) is 33.4 Å². The van der Waals surface area contributed by atoms with E-state index in [1.54, 1.807) is 23.3 Å². The molecule has 0 saturated carbocycles. The fraction of sp³-hybridized carbons (Fsp3) is 0.154. The number of hydrogen-bond acceptors (Lipinski definition) is 5. The number of rotatable bonds is 7. The Kier molecular flexibility index (Phi) is 6.69. The maximum Gasteiger partial charge on any atom is 0.130 e. The maximum absolute atomic E-state index is 12.9. The summed E-state index contributed by atoms with van der Waals surface area (Å²) in [6.45, 7) is 0.105. The predicted molar refractivity (Wildman–Crippen MR) is 127 cm³/mol. The minimum Gasteiger partial charge on any atom is -0.487 e. The van der Waals surface area contributed by atoms with Crippen LogP contribution < -0.4 is 4.74 Å². The summed E-state index contributed by atoms with van der Waals surface area (Å²) in [5.41, 5.74) is 6.17. The standard InChI is InChI=1S/C25H20FN5O.CH4/c26-11-15-31-16-22(18-9-13-27-14-10-18)25(30-31)19-3-6-21(7-4-19)32-17-20-5-8-23-24(29-20)2-1-12-28-23;/h1-10,12-14,16H,11,15,17H2;1H4. The lowest BCUT2D eigenvalue weighted by Crippen LogP contribution is -2.00. The number of benzene rings is 1. The van der Waals surface area contributed by atoms with Crippen LogP contribution in [0.2, 0.25) is 0 Å². The number of nitrogens with zero attached hydrogens (tertiary/aromatic N) is 5. The Labute approximate surface area is 191 Å². The number of aromatic nitrogens is 5. The first-order chi connectivity index (χ1) is 15.8. The minimum absolute atomic E-state index is 0. The van der Waals surface area contributed by atoms with Gasteiger partial charge in [0.25, 0.3) is 0 Å². The first-order valence-electron chi connectivity index (χ1n) is 10.3. The lowest BCUT2D eigenvalue weighted by atomic mass is 10.0. The zero-order valence-electron chi connectivity index (χ0n) is 17.2. The third-order valence-corrected chi connectivity index (χ3v) is 5.09. The van der Waals surface area contributed by atoms with Crippen molar-refractivity contribution in [2.24, 2.45) is 0 Å². The van der Waals surface area contributed by atoms with Gasteiger partial charge in [0.05, 0.1) is 23.3 Å². The van der Waals surface area contributed by atoms with Crippen molar-refractivity contribution in [1.82, 2.24) is 24.7 Å². The first-order valence-corrected chi connectivity index (χ1v) is 10.3. The van der Waals surface area contributed by atoms with Crippen LogP contribution in [0.4, 0.5) is 4.39 Å². The van der Waals surface area contributed by atoms with Crippen molar-refractivity contribution >= 4 is 11.0 Å².